The summed E-state index contributed by atoms with van der Waals surface area (Å²) in [5, 5.41) is 12.4. The van der Waals surface area contributed by atoms with Gasteiger partial charge in [0.2, 0.25) is 0 Å². The highest BCUT2D eigenvalue weighted by molar-refractivity contribution is 6.26. The van der Waals surface area contributed by atoms with Crippen LogP contribution in [0.25, 0.3) is 110 Å². The zero-order valence-corrected chi connectivity index (χ0v) is 31.7. The molecule has 57 heavy (non-hydrogen) atoms. The average molecular weight is 725 g/mol. The maximum Gasteiger partial charge on any atom is 0.0780 e. The SMILES string of the molecule is CC1(C)c2ccccc2-c2nc3ccc4ccccc4c3c(-c3ccc(-c4ccc5c6ccc(-c7cccc8cccnc78)cc6c6ccccc6c5c4)cc3)c21. The lowest BCUT2D eigenvalue weighted by molar-refractivity contribution is 0.662. The monoisotopic (exact) mass is 724 g/mol. The van der Waals surface area contributed by atoms with Crippen molar-refractivity contribution in [2.24, 2.45) is 0 Å². The standard InChI is InChI=1S/C55H36N2/c1-55(2)48-19-8-7-17-45(48)54-52(55)50(51-39-14-4-3-11-34(39)26-29-49(51)57-54)35-22-20-33(21-23-35)37-24-27-43-44-28-25-38(40-18-9-12-36-13-10-30-56-53(36)40)32-47(44)42-16-6-5-15-41(42)46(43)31-37/h3-32H,1-2H3. The fraction of sp³-hybridized carbons (Fsp3) is 0.0545. The maximum atomic E-state index is 5.40. The number of aromatic nitrogens is 2. The fourth-order valence-electron chi connectivity index (χ4n) is 9.97. The number of benzene rings is 9. The second-order valence-electron chi connectivity index (χ2n) is 16.1. The third kappa shape index (κ3) is 4.65. The minimum atomic E-state index is -0.202. The van der Waals surface area contributed by atoms with Gasteiger partial charge in [-0.3, -0.25) is 4.98 Å². The second-order valence-corrected chi connectivity index (χ2v) is 16.1. The number of para-hydroxylation sites is 1. The van der Waals surface area contributed by atoms with Crippen LogP contribution in [0.2, 0.25) is 0 Å². The van der Waals surface area contributed by atoms with Gasteiger partial charge in [-0.2, -0.15) is 0 Å². The highest BCUT2D eigenvalue weighted by Gasteiger charge is 2.39. The van der Waals surface area contributed by atoms with Crippen molar-refractivity contribution in [2.75, 3.05) is 0 Å². The van der Waals surface area contributed by atoms with Gasteiger partial charge in [0.1, 0.15) is 0 Å². The van der Waals surface area contributed by atoms with Crippen molar-refractivity contribution in [2.45, 2.75) is 19.3 Å². The van der Waals surface area contributed by atoms with Crippen molar-refractivity contribution in [1.82, 2.24) is 9.97 Å². The van der Waals surface area contributed by atoms with Gasteiger partial charge in [-0.25, -0.2) is 4.98 Å². The van der Waals surface area contributed by atoms with Crippen molar-refractivity contribution in [1.29, 1.82) is 0 Å². The lowest BCUT2D eigenvalue weighted by Gasteiger charge is -2.25. The van der Waals surface area contributed by atoms with Crippen molar-refractivity contribution >= 4 is 64.9 Å². The Morgan fingerprint density at radius 2 is 1.02 bits per heavy atom. The van der Waals surface area contributed by atoms with Crippen LogP contribution in [-0.4, -0.2) is 9.97 Å². The fourth-order valence-corrected chi connectivity index (χ4v) is 9.97. The average Bonchev–Trinajstić information content (AvgIpc) is 3.50. The van der Waals surface area contributed by atoms with Crippen molar-refractivity contribution in [3.63, 3.8) is 0 Å². The molecule has 12 rings (SSSR count). The van der Waals surface area contributed by atoms with Gasteiger partial charge in [0.15, 0.2) is 0 Å². The summed E-state index contributed by atoms with van der Waals surface area (Å²) in [6.07, 6.45) is 1.88. The zero-order chi connectivity index (χ0) is 37.8. The molecular weight excluding hydrogens is 689 g/mol. The number of rotatable bonds is 3. The molecule has 9 aromatic carbocycles. The topological polar surface area (TPSA) is 25.8 Å². The molecule has 0 amide bonds. The first-order valence-electron chi connectivity index (χ1n) is 19.8. The summed E-state index contributed by atoms with van der Waals surface area (Å²) in [5.74, 6) is 0. The van der Waals surface area contributed by atoms with Gasteiger partial charge in [0.25, 0.3) is 0 Å². The van der Waals surface area contributed by atoms with Gasteiger partial charge in [-0.15, -0.1) is 0 Å². The van der Waals surface area contributed by atoms with Crippen LogP contribution in [0, 0.1) is 0 Å². The molecule has 2 heteroatoms. The third-order valence-electron chi connectivity index (χ3n) is 12.6. The summed E-state index contributed by atoms with van der Waals surface area (Å²) in [5.41, 5.74) is 14.1. The Kier molecular flexibility index (Phi) is 6.72. The molecule has 2 aromatic heterocycles. The lowest BCUT2D eigenvalue weighted by Crippen LogP contribution is -2.16. The second kappa shape index (κ2) is 11.9. The molecular formula is C55H36N2. The molecule has 0 fully saturated rings. The third-order valence-corrected chi connectivity index (χ3v) is 12.6. The van der Waals surface area contributed by atoms with Gasteiger partial charge >= 0.3 is 0 Å². The summed E-state index contributed by atoms with van der Waals surface area (Å²) < 4.78 is 0. The van der Waals surface area contributed by atoms with Crippen LogP contribution < -0.4 is 0 Å². The first-order valence-corrected chi connectivity index (χ1v) is 19.8. The number of pyridine rings is 2. The summed E-state index contributed by atoms with van der Waals surface area (Å²) in [7, 11) is 0. The van der Waals surface area contributed by atoms with Crippen LogP contribution in [0.4, 0.5) is 0 Å². The van der Waals surface area contributed by atoms with E-state index in [1.54, 1.807) is 0 Å². The minimum Gasteiger partial charge on any atom is -0.256 e. The summed E-state index contributed by atoms with van der Waals surface area (Å²) >= 11 is 0. The molecule has 11 aromatic rings. The largest absolute Gasteiger partial charge is 0.256 e. The molecule has 0 spiro atoms. The van der Waals surface area contributed by atoms with Crippen LogP contribution in [0.5, 0.6) is 0 Å². The molecule has 2 nitrogen and oxygen atoms in total. The molecule has 266 valence electrons. The molecule has 0 radical (unpaired) electrons. The Labute approximate surface area is 330 Å². The van der Waals surface area contributed by atoms with E-state index in [0.717, 1.165) is 27.7 Å². The van der Waals surface area contributed by atoms with Crippen LogP contribution in [0.1, 0.15) is 25.0 Å². The van der Waals surface area contributed by atoms with E-state index in [1.807, 2.05) is 12.3 Å². The van der Waals surface area contributed by atoms with Crippen molar-refractivity contribution < 1.29 is 0 Å². The number of nitrogens with zero attached hydrogens (tertiary/aromatic N) is 2. The van der Waals surface area contributed by atoms with E-state index in [1.165, 1.54) is 93.0 Å². The van der Waals surface area contributed by atoms with E-state index < -0.39 is 0 Å². The van der Waals surface area contributed by atoms with Gasteiger partial charge in [-0.1, -0.05) is 166 Å². The summed E-state index contributed by atoms with van der Waals surface area (Å²) in [4.78, 5) is 10.2. The minimum absolute atomic E-state index is 0.202. The molecule has 1 aliphatic rings. The van der Waals surface area contributed by atoms with Gasteiger partial charge in [-0.05, 0) is 106 Å². The van der Waals surface area contributed by atoms with E-state index >= 15 is 0 Å². The van der Waals surface area contributed by atoms with Gasteiger partial charge in [0.05, 0.1) is 16.7 Å². The molecule has 0 unspecified atom stereocenters. The maximum absolute atomic E-state index is 5.40. The highest BCUT2D eigenvalue weighted by atomic mass is 14.7. The summed E-state index contributed by atoms with van der Waals surface area (Å²) in [6, 6.07) is 64.6. The molecule has 1 aliphatic carbocycles. The lowest BCUT2D eigenvalue weighted by atomic mass is 9.78. The first-order chi connectivity index (χ1) is 28.0. The smallest absolute Gasteiger partial charge is 0.0780 e. The van der Waals surface area contributed by atoms with Crippen LogP contribution in [0.15, 0.2) is 182 Å². The highest BCUT2D eigenvalue weighted by Crippen LogP contribution is 2.54. The normalized spacial score (nSPS) is 13.2. The predicted molar refractivity (Wildman–Crippen MR) is 241 cm³/mol. The Morgan fingerprint density at radius 3 is 1.82 bits per heavy atom. The Hall–Kier alpha value is -7.16. The molecule has 0 aliphatic heterocycles. The van der Waals surface area contributed by atoms with E-state index in [-0.39, 0.29) is 5.41 Å². The Balaban J connectivity index is 1.02. The first kappa shape index (κ1) is 32.1. The summed E-state index contributed by atoms with van der Waals surface area (Å²) in [6.45, 7) is 4.72. The number of hydrogen-bond donors (Lipinski definition) is 0. The molecule has 2 heterocycles. The van der Waals surface area contributed by atoms with E-state index in [4.69, 9.17) is 9.97 Å². The van der Waals surface area contributed by atoms with Crippen LogP contribution >= 0.6 is 0 Å². The van der Waals surface area contributed by atoms with Crippen LogP contribution in [0.3, 0.4) is 0 Å². The quantitative estimate of drug-likeness (QED) is 0.170. The molecule has 0 bridgehead atoms. The number of fused-ring (bicyclic) bond motifs is 13. The van der Waals surface area contributed by atoms with E-state index in [9.17, 15) is 0 Å². The molecule has 0 N–H and O–H groups in total. The number of hydrogen-bond acceptors (Lipinski definition) is 2. The van der Waals surface area contributed by atoms with Crippen molar-refractivity contribution in [3.8, 4) is 44.6 Å². The van der Waals surface area contributed by atoms with Gasteiger partial charge < -0.3 is 0 Å². The molecule has 0 atom stereocenters. The van der Waals surface area contributed by atoms with Gasteiger partial charge in [0, 0.05) is 33.5 Å². The van der Waals surface area contributed by atoms with Crippen LogP contribution in [-0.2, 0) is 5.41 Å². The Bertz CT molecular complexity index is 3460. The zero-order valence-electron chi connectivity index (χ0n) is 31.7. The van der Waals surface area contributed by atoms with E-state index in [2.05, 4.69) is 184 Å². The van der Waals surface area contributed by atoms with Crippen molar-refractivity contribution in [3.05, 3.63) is 193 Å². The van der Waals surface area contributed by atoms with E-state index in [0.29, 0.717) is 0 Å². The molecule has 0 saturated carbocycles. The Morgan fingerprint density at radius 1 is 0.421 bits per heavy atom. The predicted octanol–water partition coefficient (Wildman–Crippen LogP) is 14.7. The molecule has 0 saturated heterocycles.